The van der Waals surface area contributed by atoms with Crippen molar-refractivity contribution in [1.29, 1.82) is 0 Å². The molecule has 8 heteroatoms. The lowest BCUT2D eigenvalue weighted by Gasteiger charge is -2.26. The Labute approximate surface area is 183 Å². The van der Waals surface area contributed by atoms with Crippen LogP contribution in [-0.4, -0.2) is 72.2 Å². The summed E-state index contributed by atoms with van der Waals surface area (Å²) in [4.78, 5) is 32.1. The van der Waals surface area contributed by atoms with Crippen LogP contribution in [0.5, 0.6) is 0 Å². The smallest absolute Gasteiger partial charge is 0.272 e. The lowest BCUT2D eigenvalue weighted by molar-refractivity contribution is -0.120. The van der Waals surface area contributed by atoms with Crippen molar-refractivity contribution in [1.82, 2.24) is 25.1 Å². The number of fused-ring (bicyclic) bond motifs is 1. The number of carbonyl (C=O) groups is 2. The largest absolute Gasteiger partial charge is 0.379 e. The Morgan fingerprint density at radius 1 is 1.00 bits per heavy atom. The van der Waals surface area contributed by atoms with Crippen molar-refractivity contribution < 1.29 is 14.3 Å². The SMILES string of the molecule is O=C(CNC(=O)c1nc(-c2ccccc2)n2c1CCCCC2)NCCN1CCOCC1. The number of amides is 2. The van der Waals surface area contributed by atoms with Crippen LogP contribution in [0.25, 0.3) is 11.4 Å². The second kappa shape index (κ2) is 10.5. The minimum absolute atomic E-state index is 0.0467. The molecule has 1 aromatic carbocycles. The van der Waals surface area contributed by atoms with E-state index < -0.39 is 0 Å². The molecule has 1 saturated heterocycles. The number of benzene rings is 1. The summed E-state index contributed by atoms with van der Waals surface area (Å²) in [5.41, 5.74) is 2.43. The average Bonchev–Trinajstić information content (AvgIpc) is 2.99. The summed E-state index contributed by atoms with van der Waals surface area (Å²) in [5.74, 6) is 0.365. The maximum Gasteiger partial charge on any atom is 0.272 e. The maximum absolute atomic E-state index is 12.9. The van der Waals surface area contributed by atoms with E-state index in [1.54, 1.807) is 0 Å². The molecule has 8 nitrogen and oxygen atoms in total. The number of hydrogen-bond donors (Lipinski definition) is 2. The summed E-state index contributed by atoms with van der Waals surface area (Å²) >= 11 is 0. The highest BCUT2D eigenvalue weighted by Crippen LogP contribution is 2.27. The van der Waals surface area contributed by atoms with Crippen molar-refractivity contribution in [2.24, 2.45) is 0 Å². The first-order valence-corrected chi connectivity index (χ1v) is 11.2. The van der Waals surface area contributed by atoms with Crippen LogP contribution in [0, 0.1) is 0 Å². The lowest BCUT2D eigenvalue weighted by atomic mass is 10.1. The quantitative estimate of drug-likeness (QED) is 0.701. The summed E-state index contributed by atoms with van der Waals surface area (Å²) in [6.45, 7) is 5.43. The van der Waals surface area contributed by atoms with Crippen molar-refractivity contribution in [3.05, 3.63) is 41.7 Å². The zero-order chi connectivity index (χ0) is 21.5. The third-order valence-electron chi connectivity index (χ3n) is 5.88. The molecule has 0 unspecified atom stereocenters. The van der Waals surface area contributed by atoms with Crippen LogP contribution in [0.15, 0.2) is 30.3 Å². The number of ether oxygens (including phenoxy) is 1. The van der Waals surface area contributed by atoms with E-state index in [4.69, 9.17) is 9.72 Å². The van der Waals surface area contributed by atoms with E-state index >= 15 is 0 Å². The predicted molar refractivity (Wildman–Crippen MR) is 118 cm³/mol. The van der Waals surface area contributed by atoms with Gasteiger partial charge in [-0.25, -0.2) is 4.98 Å². The molecule has 1 aromatic heterocycles. The molecular formula is C23H31N5O3. The van der Waals surface area contributed by atoms with Crippen molar-refractivity contribution in [3.8, 4) is 11.4 Å². The predicted octanol–water partition coefficient (Wildman–Crippen LogP) is 1.45. The number of hydrogen-bond acceptors (Lipinski definition) is 5. The highest BCUT2D eigenvalue weighted by atomic mass is 16.5. The van der Waals surface area contributed by atoms with Gasteiger partial charge in [-0.3, -0.25) is 14.5 Å². The fourth-order valence-corrected chi connectivity index (χ4v) is 4.19. The summed E-state index contributed by atoms with van der Waals surface area (Å²) in [7, 11) is 0. The number of nitrogens with zero attached hydrogens (tertiary/aromatic N) is 3. The van der Waals surface area contributed by atoms with Gasteiger partial charge in [0.05, 0.1) is 25.5 Å². The normalized spacial score (nSPS) is 16.9. The molecule has 0 spiro atoms. The Morgan fingerprint density at radius 2 is 1.81 bits per heavy atom. The van der Waals surface area contributed by atoms with E-state index in [0.717, 1.165) is 82.2 Å². The minimum Gasteiger partial charge on any atom is -0.379 e. The fourth-order valence-electron chi connectivity index (χ4n) is 4.19. The van der Waals surface area contributed by atoms with E-state index in [0.29, 0.717) is 12.2 Å². The van der Waals surface area contributed by atoms with Gasteiger partial charge in [-0.15, -0.1) is 0 Å². The first kappa shape index (κ1) is 21.5. The Kier molecular flexibility index (Phi) is 7.32. The molecule has 0 bridgehead atoms. The summed E-state index contributed by atoms with van der Waals surface area (Å²) < 4.78 is 7.51. The third-order valence-corrected chi connectivity index (χ3v) is 5.88. The van der Waals surface area contributed by atoms with Gasteiger partial charge in [0.25, 0.3) is 5.91 Å². The topological polar surface area (TPSA) is 88.5 Å². The highest BCUT2D eigenvalue weighted by Gasteiger charge is 2.24. The van der Waals surface area contributed by atoms with Gasteiger partial charge in [-0.1, -0.05) is 36.8 Å². The van der Waals surface area contributed by atoms with Crippen molar-refractivity contribution in [2.45, 2.75) is 32.2 Å². The number of aromatic nitrogens is 2. The van der Waals surface area contributed by atoms with E-state index in [-0.39, 0.29) is 18.4 Å². The Balaban J connectivity index is 1.36. The Morgan fingerprint density at radius 3 is 2.61 bits per heavy atom. The maximum atomic E-state index is 12.9. The molecule has 2 amide bonds. The molecule has 2 aliphatic rings. The van der Waals surface area contributed by atoms with Crippen LogP contribution in [0.4, 0.5) is 0 Å². The molecule has 2 aliphatic heterocycles. The average molecular weight is 426 g/mol. The Hall–Kier alpha value is -2.71. The van der Waals surface area contributed by atoms with Gasteiger partial charge in [0.1, 0.15) is 11.5 Å². The van der Waals surface area contributed by atoms with E-state index in [9.17, 15) is 9.59 Å². The van der Waals surface area contributed by atoms with Crippen LogP contribution in [0.3, 0.4) is 0 Å². The van der Waals surface area contributed by atoms with Gasteiger partial charge >= 0.3 is 0 Å². The van der Waals surface area contributed by atoms with Gasteiger partial charge in [0, 0.05) is 38.3 Å². The van der Waals surface area contributed by atoms with Gasteiger partial charge < -0.3 is 19.9 Å². The van der Waals surface area contributed by atoms with E-state index in [2.05, 4.69) is 20.1 Å². The summed E-state index contributed by atoms with van der Waals surface area (Å²) in [6, 6.07) is 9.97. The van der Waals surface area contributed by atoms with Gasteiger partial charge in [-0.05, 0) is 19.3 Å². The van der Waals surface area contributed by atoms with E-state index in [1.807, 2.05) is 30.3 Å². The van der Waals surface area contributed by atoms with Crippen LogP contribution in [0.2, 0.25) is 0 Å². The molecule has 4 rings (SSSR count). The minimum atomic E-state index is -0.281. The zero-order valence-electron chi connectivity index (χ0n) is 17.9. The Bertz CT molecular complexity index is 890. The molecule has 166 valence electrons. The van der Waals surface area contributed by atoms with Crippen LogP contribution >= 0.6 is 0 Å². The number of carbonyl (C=O) groups excluding carboxylic acids is 2. The number of morpholine rings is 1. The molecule has 0 saturated carbocycles. The first-order chi connectivity index (χ1) is 15.2. The molecule has 31 heavy (non-hydrogen) atoms. The second-order valence-corrected chi connectivity index (χ2v) is 8.05. The van der Waals surface area contributed by atoms with Crippen molar-refractivity contribution in [3.63, 3.8) is 0 Å². The van der Waals surface area contributed by atoms with E-state index in [1.165, 1.54) is 0 Å². The molecule has 3 heterocycles. The molecule has 0 radical (unpaired) electrons. The van der Waals surface area contributed by atoms with Gasteiger partial charge in [0.2, 0.25) is 5.91 Å². The number of imidazole rings is 1. The number of nitrogens with one attached hydrogen (secondary N) is 2. The molecular weight excluding hydrogens is 394 g/mol. The van der Waals surface area contributed by atoms with Gasteiger partial charge in [0.15, 0.2) is 0 Å². The molecule has 1 fully saturated rings. The van der Waals surface area contributed by atoms with Crippen LogP contribution in [0.1, 0.15) is 35.4 Å². The monoisotopic (exact) mass is 425 g/mol. The third kappa shape index (κ3) is 5.51. The first-order valence-electron chi connectivity index (χ1n) is 11.2. The van der Waals surface area contributed by atoms with Crippen LogP contribution < -0.4 is 10.6 Å². The standard InChI is InChI=1S/C23H31N5O3/c29-20(24-10-12-27-13-15-31-16-14-27)17-25-23(30)21-19-9-5-2-6-11-28(19)22(26-21)18-7-3-1-4-8-18/h1,3-4,7-8H,2,5-6,9-17H2,(H,24,29)(H,25,30). The van der Waals surface area contributed by atoms with Crippen molar-refractivity contribution in [2.75, 3.05) is 45.9 Å². The lowest BCUT2D eigenvalue weighted by Crippen LogP contribution is -2.43. The number of rotatable bonds is 7. The molecule has 2 aromatic rings. The second-order valence-electron chi connectivity index (χ2n) is 8.05. The van der Waals surface area contributed by atoms with Gasteiger partial charge in [-0.2, -0.15) is 0 Å². The van der Waals surface area contributed by atoms with Crippen molar-refractivity contribution >= 4 is 11.8 Å². The summed E-state index contributed by atoms with van der Waals surface area (Å²) in [6.07, 6.45) is 4.09. The summed E-state index contributed by atoms with van der Waals surface area (Å²) in [5, 5.41) is 5.64. The molecule has 0 atom stereocenters. The molecule has 2 N–H and O–H groups in total. The fraction of sp³-hybridized carbons (Fsp3) is 0.522. The van der Waals surface area contributed by atoms with Crippen LogP contribution in [-0.2, 0) is 22.5 Å². The zero-order valence-corrected chi connectivity index (χ0v) is 17.9. The highest BCUT2D eigenvalue weighted by molar-refractivity contribution is 5.96. The molecule has 0 aliphatic carbocycles.